The van der Waals surface area contributed by atoms with Crippen molar-refractivity contribution in [2.45, 2.75) is 4.90 Å². The van der Waals surface area contributed by atoms with Gasteiger partial charge in [0.05, 0.1) is 7.11 Å². The molecule has 0 radical (unpaired) electrons. The topological polar surface area (TPSA) is 35.5 Å². The number of ether oxygens (including phenoxy) is 2. The molecule has 0 aliphatic rings. The fourth-order valence-electron chi connectivity index (χ4n) is 1.70. The van der Waals surface area contributed by atoms with Crippen LogP contribution in [0.1, 0.15) is 5.56 Å². The maximum absolute atomic E-state index is 11.7. The van der Waals surface area contributed by atoms with E-state index in [1.54, 1.807) is 37.1 Å². The van der Waals surface area contributed by atoms with Gasteiger partial charge in [-0.2, -0.15) is 0 Å². The zero-order chi connectivity index (χ0) is 15.1. The standard InChI is InChI=1S/C17H16O3S/c1-19-15-5-3-4-13(12-15)6-11-17(18)20-14-7-9-16(21-2)10-8-14/h3-12H,1-2H3/b11-6+. The van der Waals surface area contributed by atoms with Crippen LogP contribution in [0.5, 0.6) is 11.5 Å². The Morgan fingerprint density at radius 1 is 1.10 bits per heavy atom. The van der Waals surface area contributed by atoms with Crippen LogP contribution in [0.25, 0.3) is 6.08 Å². The second-order valence-electron chi connectivity index (χ2n) is 4.21. The number of hydrogen-bond donors (Lipinski definition) is 0. The van der Waals surface area contributed by atoms with Gasteiger partial charge in [-0.15, -0.1) is 11.8 Å². The molecule has 108 valence electrons. The molecule has 2 aromatic rings. The molecule has 0 spiro atoms. The van der Waals surface area contributed by atoms with Crippen LogP contribution in [0.15, 0.2) is 59.5 Å². The number of benzene rings is 2. The predicted molar refractivity (Wildman–Crippen MR) is 85.9 cm³/mol. The lowest BCUT2D eigenvalue weighted by atomic mass is 10.2. The molecule has 21 heavy (non-hydrogen) atoms. The van der Waals surface area contributed by atoms with E-state index in [0.29, 0.717) is 5.75 Å². The van der Waals surface area contributed by atoms with E-state index in [2.05, 4.69) is 0 Å². The van der Waals surface area contributed by atoms with Crippen LogP contribution < -0.4 is 9.47 Å². The van der Waals surface area contributed by atoms with Crippen LogP contribution in [-0.2, 0) is 4.79 Å². The molecule has 0 N–H and O–H groups in total. The molecule has 3 nitrogen and oxygen atoms in total. The van der Waals surface area contributed by atoms with Crippen molar-refractivity contribution in [2.24, 2.45) is 0 Å². The first-order valence-corrected chi connectivity index (χ1v) is 7.62. The highest BCUT2D eigenvalue weighted by atomic mass is 32.2. The van der Waals surface area contributed by atoms with Crippen molar-refractivity contribution in [2.75, 3.05) is 13.4 Å². The Kier molecular flexibility index (Phi) is 5.46. The first-order chi connectivity index (χ1) is 10.2. The minimum absolute atomic E-state index is 0.408. The maximum atomic E-state index is 11.7. The number of thioether (sulfide) groups is 1. The van der Waals surface area contributed by atoms with Crippen molar-refractivity contribution in [3.63, 3.8) is 0 Å². The summed E-state index contributed by atoms with van der Waals surface area (Å²) in [4.78, 5) is 12.9. The van der Waals surface area contributed by atoms with Crippen molar-refractivity contribution in [1.82, 2.24) is 0 Å². The molecule has 0 heterocycles. The third-order valence-corrected chi connectivity index (χ3v) is 3.53. The molecule has 0 aliphatic heterocycles. The van der Waals surface area contributed by atoms with E-state index < -0.39 is 5.97 Å². The average molecular weight is 300 g/mol. The van der Waals surface area contributed by atoms with Gasteiger partial charge in [-0.3, -0.25) is 0 Å². The van der Waals surface area contributed by atoms with Crippen LogP contribution in [0, 0.1) is 0 Å². The number of rotatable bonds is 5. The van der Waals surface area contributed by atoms with E-state index in [-0.39, 0.29) is 0 Å². The smallest absolute Gasteiger partial charge is 0.336 e. The van der Waals surface area contributed by atoms with E-state index in [1.165, 1.54) is 6.08 Å². The molecule has 0 bridgehead atoms. The molecule has 0 unspecified atom stereocenters. The Morgan fingerprint density at radius 3 is 2.52 bits per heavy atom. The van der Waals surface area contributed by atoms with Gasteiger partial charge in [0.1, 0.15) is 11.5 Å². The minimum atomic E-state index is -0.408. The summed E-state index contributed by atoms with van der Waals surface area (Å²) < 4.78 is 10.4. The van der Waals surface area contributed by atoms with Crippen LogP contribution in [0.4, 0.5) is 0 Å². The molecular weight excluding hydrogens is 284 g/mol. The van der Waals surface area contributed by atoms with Gasteiger partial charge in [0.25, 0.3) is 0 Å². The minimum Gasteiger partial charge on any atom is -0.497 e. The summed E-state index contributed by atoms with van der Waals surface area (Å²) in [5.74, 6) is 0.876. The molecule has 4 heteroatoms. The molecule has 0 aliphatic carbocycles. The molecule has 0 atom stereocenters. The van der Waals surface area contributed by atoms with E-state index in [4.69, 9.17) is 9.47 Å². The van der Waals surface area contributed by atoms with Gasteiger partial charge in [0.2, 0.25) is 0 Å². The second-order valence-corrected chi connectivity index (χ2v) is 5.09. The molecule has 0 saturated carbocycles. The van der Waals surface area contributed by atoms with Crippen LogP contribution >= 0.6 is 11.8 Å². The Labute approximate surface area is 128 Å². The quantitative estimate of drug-likeness (QED) is 0.361. The number of carbonyl (C=O) groups is 1. The van der Waals surface area contributed by atoms with Gasteiger partial charge in [0, 0.05) is 11.0 Å². The van der Waals surface area contributed by atoms with E-state index in [9.17, 15) is 4.79 Å². The largest absolute Gasteiger partial charge is 0.497 e. The zero-order valence-corrected chi connectivity index (χ0v) is 12.7. The van der Waals surface area contributed by atoms with Gasteiger partial charge in [-0.05, 0) is 54.3 Å². The van der Waals surface area contributed by atoms with Gasteiger partial charge in [-0.25, -0.2) is 4.79 Å². The lowest BCUT2D eigenvalue weighted by Crippen LogP contribution is -2.03. The summed E-state index contributed by atoms with van der Waals surface area (Å²) in [5, 5.41) is 0. The Balaban J connectivity index is 1.98. The van der Waals surface area contributed by atoms with Crippen LogP contribution in [0.3, 0.4) is 0 Å². The van der Waals surface area contributed by atoms with Crippen LogP contribution in [0.2, 0.25) is 0 Å². The first kappa shape index (κ1) is 15.2. The molecular formula is C17H16O3S. The van der Waals surface area contributed by atoms with Crippen molar-refractivity contribution < 1.29 is 14.3 Å². The lowest BCUT2D eigenvalue weighted by Gasteiger charge is -2.02. The third kappa shape index (κ3) is 4.68. The van der Waals surface area contributed by atoms with Crippen molar-refractivity contribution in [3.8, 4) is 11.5 Å². The van der Waals surface area contributed by atoms with Gasteiger partial charge < -0.3 is 9.47 Å². The molecule has 0 saturated heterocycles. The summed E-state index contributed by atoms with van der Waals surface area (Å²) in [6, 6.07) is 14.8. The molecule has 0 fully saturated rings. The number of carbonyl (C=O) groups excluding carboxylic acids is 1. The summed E-state index contributed by atoms with van der Waals surface area (Å²) in [6.45, 7) is 0. The van der Waals surface area contributed by atoms with E-state index >= 15 is 0 Å². The highest BCUT2D eigenvalue weighted by Gasteiger charge is 2.01. The predicted octanol–water partition coefficient (Wildman–Crippen LogP) is 4.04. The van der Waals surface area contributed by atoms with Crippen LogP contribution in [-0.4, -0.2) is 19.3 Å². The normalized spacial score (nSPS) is 10.6. The first-order valence-electron chi connectivity index (χ1n) is 6.39. The SMILES string of the molecule is COc1cccc(/C=C/C(=O)Oc2ccc(SC)cc2)c1. The third-order valence-electron chi connectivity index (χ3n) is 2.78. The summed E-state index contributed by atoms with van der Waals surface area (Å²) in [5.41, 5.74) is 0.879. The number of hydrogen-bond acceptors (Lipinski definition) is 4. The Hall–Kier alpha value is -2.20. The number of methoxy groups -OCH3 is 1. The second kappa shape index (κ2) is 7.55. The molecule has 2 aromatic carbocycles. The Morgan fingerprint density at radius 2 is 1.86 bits per heavy atom. The van der Waals surface area contributed by atoms with Gasteiger partial charge >= 0.3 is 5.97 Å². The van der Waals surface area contributed by atoms with Crippen molar-refractivity contribution in [3.05, 3.63) is 60.2 Å². The highest BCUT2D eigenvalue weighted by Crippen LogP contribution is 2.19. The van der Waals surface area contributed by atoms with E-state index in [0.717, 1.165) is 16.2 Å². The molecule has 0 amide bonds. The summed E-state index contributed by atoms with van der Waals surface area (Å²) >= 11 is 1.64. The van der Waals surface area contributed by atoms with E-state index in [1.807, 2.05) is 42.7 Å². The zero-order valence-electron chi connectivity index (χ0n) is 11.9. The highest BCUT2D eigenvalue weighted by molar-refractivity contribution is 7.98. The Bertz CT molecular complexity index is 633. The summed E-state index contributed by atoms with van der Waals surface area (Å²) in [6.07, 6.45) is 5.09. The molecule has 0 aromatic heterocycles. The monoisotopic (exact) mass is 300 g/mol. The summed E-state index contributed by atoms with van der Waals surface area (Å²) in [7, 11) is 1.61. The lowest BCUT2D eigenvalue weighted by molar-refractivity contribution is -0.128. The van der Waals surface area contributed by atoms with Crippen molar-refractivity contribution >= 4 is 23.8 Å². The van der Waals surface area contributed by atoms with Gasteiger partial charge in [0.15, 0.2) is 0 Å². The fourth-order valence-corrected chi connectivity index (χ4v) is 2.11. The van der Waals surface area contributed by atoms with Crippen molar-refractivity contribution in [1.29, 1.82) is 0 Å². The van der Waals surface area contributed by atoms with Gasteiger partial charge in [-0.1, -0.05) is 12.1 Å². The average Bonchev–Trinajstić information content (AvgIpc) is 2.54. The molecule has 2 rings (SSSR count). The maximum Gasteiger partial charge on any atom is 0.336 e. The number of esters is 1. The fraction of sp³-hybridized carbons (Fsp3) is 0.118.